The summed E-state index contributed by atoms with van der Waals surface area (Å²) in [4.78, 5) is 16.6. The Balaban J connectivity index is 1.51. The number of carbonyl (C=O) groups is 1. The van der Waals surface area contributed by atoms with Gasteiger partial charge in [0, 0.05) is 34.7 Å². The van der Waals surface area contributed by atoms with Crippen molar-refractivity contribution >= 4 is 35.0 Å². The van der Waals surface area contributed by atoms with Crippen LogP contribution in [0.2, 0.25) is 5.02 Å². The van der Waals surface area contributed by atoms with E-state index in [0.717, 1.165) is 35.1 Å². The molecular formula is C19H18ClN5OS. The van der Waals surface area contributed by atoms with Crippen molar-refractivity contribution in [2.45, 2.75) is 36.2 Å². The molecule has 0 bridgehead atoms. The van der Waals surface area contributed by atoms with Crippen LogP contribution < -0.4 is 5.32 Å². The zero-order valence-corrected chi connectivity index (χ0v) is 16.2. The number of benzene rings is 1. The van der Waals surface area contributed by atoms with Gasteiger partial charge in [-0.05, 0) is 56.2 Å². The highest BCUT2D eigenvalue weighted by Crippen LogP contribution is 2.41. The number of pyridine rings is 1. The molecule has 27 heavy (non-hydrogen) atoms. The number of halogens is 1. The van der Waals surface area contributed by atoms with Crippen LogP contribution in [-0.4, -0.2) is 30.9 Å². The van der Waals surface area contributed by atoms with Crippen LogP contribution in [0.1, 0.15) is 25.8 Å². The van der Waals surface area contributed by atoms with Crippen molar-refractivity contribution in [1.29, 1.82) is 0 Å². The third-order valence-corrected chi connectivity index (χ3v) is 5.59. The minimum Gasteiger partial charge on any atom is -0.325 e. The molecule has 1 saturated carbocycles. The van der Waals surface area contributed by atoms with Crippen molar-refractivity contribution in [3.05, 3.63) is 53.8 Å². The zero-order valence-electron chi connectivity index (χ0n) is 14.7. The highest BCUT2D eigenvalue weighted by molar-refractivity contribution is 8.00. The topological polar surface area (TPSA) is 72.7 Å². The lowest BCUT2D eigenvalue weighted by Crippen LogP contribution is -2.22. The Morgan fingerprint density at radius 2 is 1.89 bits per heavy atom. The highest BCUT2D eigenvalue weighted by Gasteiger charge is 2.31. The lowest BCUT2D eigenvalue weighted by Gasteiger charge is -2.13. The number of nitrogens with one attached hydrogen (secondary N) is 1. The first kappa shape index (κ1) is 18.0. The molecule has 0 spiro atoms. The van der Waals surface area contributed by atoms with Gasteiger partial charge >= 0.3 is 0 Å². The summed E-state index contributed by atoms with van der Waals surface area (Å²) in [5.74, 6) is 0.742. The maximum absolute atomic E-state index is 12.5. The van der Waals surface area contributed by atoms with Crippen LogP contribution in [0.4, 0.5) is 5.69 Å². The first-order valence-electron chi connectivity index (χ1n) is 8.70. The van der Waals surface area contributed by atoms with Crippen molar-refractivity contribution in [2.24, 2.45) is 0 Å². The van der Waals surface area contributed by atoms with E-state index >= 15 is 0 Å². The molecule has 1 atom stereocenters. The van der Waals surface area contributed by atoms with Crippen LogP contribution in [0.15, 0.2) is 53.9 Å². The van der Waals surface area contributed by atoms with Crippen molar-refractivity contribution in [3.63, 3.8) is 0 Å². The predicted octanol–water partition coefficient (Wildman–Crippen LogP) is 4.45. The molecule has 0 unspecified atom stereocenters. The number of thioether (sulfide) groups is 1. The van der Waals surface area contributed by atoms with Gasteiger partial charge in [-0.1, -0.05) is 23.4 Å². The molecule has 0 saturated heterocycles. The largest absolute Gasteiger partial charge is 0.325 e. The smallest absolute Gasteiger partial charge is 0.237 e. The van der Waals surface area contributed by atoms with Gasteiger partial charge in [0.25, 0.3) is 0 Å². The third kappa shape index (κ3) is 4.14. The standard InChI is InChI=1S/C19H18ClN5OS/c1-12(18(26)22-15-4-2-14(20)3-5-15)27-19-24-23-17(25(19)16-6-7-16)13-8-10-21-11-9-13/h2-5,8-12,16H,6-7H2,1H3,(H,22,26)/t12-/m1/s1. The van der Waals surface area contributed by atoms with Gasteiger partial charge in [-0.25, -0.2) is 0 Å². The highest BCUT2D eigenvalue weighted by atomic mass is 35.5. The van der Waals surface area contributed by atoms with Gasteiger partial charge in [-0.2, -0.15) is 0 Å². The fourth-order valence-corrected chi connectivity index (χ4v) is 3.75. The average molecular weight is 400 g/mol. The summed E-state index contributed by atoms with van der Waals surface area (Å²) in [5, 5.41) is 12.7. The molecule has 0 aliphatic heterocycles. The Morgan fingerprint density at radius 3 is 2.56 bits per heavy atom. The quantitative estimate of drug-likeness (QED) is 0.620. The van der Waals surface area contributed by atoms with Gasteiger partial charge in [-0.15, -0.1) is 10.2 Å². The summed E-state index contributed by atoms with van der Waals surface area (Å²) in [6.07, 6.45) is 5.70. The molecule has 138 valence electrons. The molecule has 6 nitrogen and oxygen atoms in total. The van der Waals surface area contributed by atoms with Gasteiger partial charge in [0.05, 0.1) is 5.25 Å². The van der Waals surface area contributed by atoms with E-state index in [4.69, 9.17) is 11.6 Å². The molecule has 1 fully saturated rings. The molecule has 1 aliphatic carbocycles. The predicted molar refractivity (Wildman–Crippen MR) is 107 cm³/mol. The number of carbonyl (C=O) groups excluding carboxylic acids is 1. The Hall–Kier alpha value is -2.38. The minimum absolute atomic E-state index is 0.0851. The summed E-state index contributed by atoms with van der Waals surface area (Å²) >= 11 is 7.31. The van der Waals surface area contributed by atoms with E-state index in [2.05, 4.69) is 25.1 Å². The summed E-state index contributed by atoms with van der Waals surface area (Å²) < 4.78 is 2.14. The lowest BCUT2D eigenvalue weighted by atomic mass is 10.2. The Bertz CT molecular complexity index is 940. The van der Waals surface area contributed by atoms with Crippen LogP contribution in [0.3, 0.4) is 0 Å². The van der Waals surface area contributed by atoms with Crippen LogP contribution in [0.5, 0.6) is 0 Å². The van der Waals surface area contributed by atoms with Crippen molar-refractivity contribution < 1.29 is 4.79 Å². The average Bonchev–Trinajstić information content (AvgIpc) is 3.44. The maximum Gasteiger partial charge on any atom is 0.237 e. The SMILES string of the molecule is C[C@@H](Sc1nnc(-c2ccncc2)n1C1CC1)C(=O)Nc1ccc(Cl)cc1. The fraction of sp³-hybridized carbons (Fsp3) is 0.263. The first-order chi connectivity index (χ1) is 13.1. The Morgan fingerprint density at radius 1 is 1.19 bits per heavy atom. The summed E-state index contributed by atoms with van der Waals surface area (Å²) in [5.41, 5.74) is 1.70. The fourth-order valence-electron chi connectivity index (χ4n) is 2.71. The van der Waals surface area contributed by atoms with Crippen LogP contribution in [-0.2, 0) is 4.79 Å². The summed E-state index contributed by atoms with van der Waals surface area (Å²) in [6.45, 7) is 1.87. The molecule has 1 N–H and O–H groups in total. The zero-order chi connectivity index (χ0) is 18.8. The van der Waals surface area contributed by atoms with Gasteiger partial charge in [0.15, 0.2) is 11.0 Å². The molecule has 4 rings (SSSR count). The molecule has 2 heterocycles. The monoisotopic (exact) mass is 399 g/mol. The molecule has 1 amide bonds. The summed E-state index contributed by atoms with van der Waals surface area (Å²) in [6, 6.07) is 11.3. The van der Waals surface area contributed by atoms with Crippen molar-refractivity contribution in [2.75, 3.05) is 5.32 Å². The van der Waals surface area contributed by atoms with E-state index in [9.17, 15) is 4.79 Å². The van der Waals surface area contributed by atoms with Gasteiger partial charge in [-0.3, -0.25) is 14.3 Å². The Kier molecular flexibility index (Phi) is 5.13. The second-order valence-electron chi connectivity index (χ2n) is 6.40. The number of rotatable bonds is 6. The summed E-state index contributed by atoms with van der Waals surface area (Å²) in [7, 11) is 0. The van der Waals surface area contributed by atoms with E-state index < -0.39 is 0 Å². The molecule has 2 aromatic heterocycles. The number of aromatic nitrogens is 4. The van der Waals surface area contributed by atoms with Gasteiger partial charge in [0.1, 0.15) is 0 Å². The molecule has 8 heteroatoms. The molecular weight excluding hydrogens is 382 g/mol. The van der Waals surface area contributed by atoms with Crippen LogP contribution in [0, 0.1) is 0 Å². The minimum atomic E-state index is -0.312. The van der Waals surface area contributed by atoms with E-state index in [1.54, 1.807) is 36.7 Å². The van der Waals surface area contributed by atoms with Crippen molar-refractivity contribution in [3.8, 4) is 11.4 Å². The molecule has 1 aliphatic rings. The third-order valence-electron chi connectivity index (χ3n) is 4.28. The van der Waals surface area contributed by atoms with Crippen LogP contribution in [0.25, 0.3) is 11.4 Å². The molecule has 1 aromatic carbocycles. The van der Waals surface area contributed by atoms with E-state index in [1.807, 2.05) is 19.1 Å². The number of nitrogens with zero attached hydrogens (tertiary/aromatic N) is 4. The maximum atomic E-state index is 12.5. The van der Waals surface area contributed by atoms with Gasteiger partial charge < -0.3 is 5.32 Å². The number of amides is 1. The molecule has 0 radical (unpaired) electrons. The second-order valence-corrected chi connectivity index (χ2v) is 8.14. The Labute approximate surface area is 166 Å². The van der Waals surface area contributed by atoms with Crippen LogP contribution >= 0.6 is 23.4 Å². The van der Waals surface area contributed by atoms with Gasteiger partial charge in [0.2, 0.25) is 5.91 Å². The van der Waals surface area contributed by atoms with E-state index in [-0.39, 0.29) is 11.2 Å². The lowest BCUT2D eigenvalue weighted by molar-refractivity contribution is -0.115. The molecule has 3 aromatic rings. The number of hydrogen-bond donors (Lipinski definition) is 1. The normalized spacial score (nSPS) is 14.7. The van der Waals surface area contributed by atoms with E-state index in [0.29, 0.717) is 11.1 Å². The number of hydrogen-bond acceptors (Lipinski definition) is 5. The second kappa shape index (κ2) is 7.70. The van der Waals surface area contributed by atoms with E-state index in [1.165, 1.54) is 11.8 Å². The van der Waals surface area contributed by atoms with Crippen molar-refractivity contribution in [1.82, 2.24) is 19.7 Å². The first-order valence-corrected chi connectivity index (χ1v) is 9.96. The number of anilines is 1.